The van der Waals surface area contributed by atoms with Crippen LogP contribution in [0.4, 0.5) is 22.0 Å². The van der Waals surface area contributed by atoms with Crippen LogP contribution in [0.3, 0.4) is 0 Å². The van der Waals surface area contributed by atoms with Crippen LogP contribution in [0.25, 0.3) is 11.3 Å². The molecule has 6 nitrogen and oxygen atoms in total. The molecule has 3 aromatic rings. The minimum Gasteiger partial charge on any atom is -0.355 e. The topological polar surface area (TPSA) is 70.2 Å². The first-order chi connectivity index (χ1) is 14.1. The van der Waals surface area contributed by atoms with E-state index in [2.05, 4.69) is 25.7 Å². The Bertz CT molecular complexity index is 1010. The summed E-state index contributed by atoms with van der Waals surface area (Å²) in [6.07, 6.45) is 2.42. The molecule has 4 rings (SSSR count). The lowest BCUT2D eigenvalue weighted by atomic mass is 10.1. The zero-order valence-electron chi connectivity index (χ0n) is 16.8. The number of aryl methyl sites for hydroxylation is 1. The SMILES string of the molecule is Cc1cccc(NC(=O)Nc2cccc(-c3ccc(N4CCCC4)nn3)c2)c1C. The first-order valence-corrected chi connectivity index (χ1v) is 9.93. The molecule has 2 aromatic carbocycles. The van der Waals surface area contributed by atoms with Crippen molar-refractivity contribution in [2.24, 2.45) is 0 Å². The van der Waals surface area contributed by atoms with Gasteiger partial charge in [0.2, 0.25) is 0 Å². The first-order valence-electron chi connectivity index (χ1n) is 9.93. The normalized spacial score (nSPS) is 13.4. The van der Waals surface area contributed by atoms with Crippen molar-refractivity contribution in [2.45, 2.75) is 26.7 Å². The van der Waals surface area contributed by atoms with Crippen molar-refractivity contribution < 1.29 is 4.79 Å². The van der Waals surface area contributed by atoms with E-state index in [9.17, 15) is 4.79 Å². The van der Waals surface area contributed by atoms with Crippen molar-refractivity contribution in [1.82, 2.24) is 10.2 Å². The van der Waals surface area contributed by atoms with Crippen molar-refractivity contribution in [1.29, 1.82) is 0 Å². The predicted molar refractivity (Wildman–Crippen MR) is 117 cm³/mol. The monoisotopic (exact) mass is 387 g/mol. The van der Waals surface area contributed by atoms with E-state index in [0.29, 0.717) is 5.69 Å². The Morgan fingerprint density at radius 1 is 0.931 bits per heavy atom. The molecular formula is C23H25N5O. The first kappa shape index (κ1) is 18.9. The standard InChI is InChI=1S/C23H25N5O/c1-16-7-5-10-20(17(16)2)25-23(29)24-19-9-6-8-18(15-19)21-11-12-22(27-26-21)28-13-3-4-14-28/h5-12,15H,3-4,13-14H2,1-2H3,(H2,24,25,29). The van der Waals surface area contributed by atoms with Gasteiger partial charge in [0.25, 0.3) is 0 Å². The molecule has 6 heteroatoms. The highest BCUT2D eigenvalue weighted by Gasteiger charge is 2.14. The van der Waals surface area contributed by atoms with E-state index >= 15 is 0 Å². The molecule has 148 valence electrons. The Morgan fingerprint density at radius 2 is 1.72 bits per heavy atom. The van der Waals surface area contributed by atoms with Gasteiger partial charge in [-0.15, -0.1) is 10.2 Å². The fourth-order valence-corrected chi connectivity index (χ4v) is 3.52. The summed E-state index contributed by atoms with van der Waals surface area (Å²) in [5.74, 6) is 0.924. The minimum absolute atomic E-state index is 0.272. The average Bonchev–Trinajstić information content (AvgIpc) is 3.27. The number of nitrogens with one attached hydrogen (secondary N) is 2. The summed E-state index contributed by atoms with van der Waals surface area (Å²) in [6.45, 7) is 6.11. The minimum atomic E-state index is -0.272. The molecule has 2 heterocycles. The fourth-order valence-electron chi connectivity index (χ4n) is 3.52. The second kappa shape index (κ2) is 8.31. The number of benzene rings is 2. The highest BCUT2D eigenvalue weighted by atomic mass is 16.2. The van der Waals surface area contributed by atoms with Crippen molar-refractivity contribution in [2.75, 3.05) is 28.6 Å². The molecular weight excluding hydrogens is 362 g/mol. The quantitative estimate of drug-likeness (QED) is 0.661. The maximum absolute atomic E-state index is 12.4. The number of carbonyl (C=O) groups excluding carboxylic acids is 1. The molecule has 0 aliphatic carbocycles. The van der Waals surface area contributed by atoms with Crippen LogP contribution < -0.4 is 15.5 Å². The van der Waals surface area contributed by atoms with Gasteiger partial charge in [-0.05, 0) is 68.1 Å². The molecule has 1 aliphatic heterocycles. The van der Waals surface area contributed by atoms with Crippen LogP contribution in [0.15, 0.2) is 54.6 Å². The molecule has 2 N–H and O–H groups in total. The number of urea groups is 1. The van der Waals surface area contributed by atoms with E-state index in [0.717, 1.165) is 47.0 Å². The van der Waals surface area contributed by atoms with E-state index in [1.807, 2.05) is 68.4 Å². The van der Waals surface area contributed by atoms with Gasteiger partial charge in [0.15, 0.2) is 5.82 Å². The van der Waals surface area contributed by atoms with Gasteiger partial charge in [-0.1, -0.05) is 24.3 Å². The zero-order chi connectivity index (χ0) is 20.2. The van der Waals surface area contributed by atoms with E-state index in [1.165, 1.54) is 12.8 Å². The highest BCUT2D eigenvalue weighted by Crippen LogP contribution is 2.24. The number of amides is 2. The van der Waals surface area contributed by atoms with Gasteiger partial charge in [0, 0.05) is 30.0 Å². The Hall–Kier alpha value is -3.41. The number of rotatable bonds is 4. The number of anilines is 3. The Kier molecular flexibility index (Phi) is 5.42. The molecule has 1 aliphatic rings. The Balaban J connectivity index is 1.45. The van der Waals surface area contributed by atoms with Crippen LogP contribution in [0.2, 0.25) is 0 Å². The lowest BCUT2D eigenvalue weighted by Gasteiger charge is -2.15. The second-order valence-electron chi connectivity index (χ2n) is 7.38. The summed E-state index contributed by atoms with van der Waals surface area (Å²) in [7, 11) is 0. The Labute approximate surface area is 171 Å². The van der Waals surface area contributed by atoms with Crippen LogP contribution in [-0.4, -0.2) is 29.3 Å². The Morgan fingerprint density at radius 3 is 2.48 bits per heavy atom. The fraction of sp³-hybridized carbons (Fsp3) is 0.261. The predicted octanol–water partition coefficient (Wildman–Crippen LogP) is 5.00. The van der Waals surface area contributed by atoms with Crippen LogP contribution in [0.5, 0.6) is 0 Å². The number of hydrogen-bond donors (Lipinski definition) is 2. The molecule has 0 spiro atoms. The van der Waals surface area contributed by atoms with Crippen molar-refractivity contribution in [3.63, 3.8) is 0 Å². The summed E-state index contributed by atoms with van der Waals surface area (Å²) in [4.78, 5) is 14.7. The molecule has 0 radical (unpaired) electrons. The van der Waals surface area contributed by atoms with Gasteiger partial charge >= 0.3 is 6.03 Å². The van der Waals surface area contributed by atoms with Gasteiger partial charge in [0.1, 0.15) is 0 Å². The van der Waals surface area contributed by atoms with Crippen molar-refractivity contribution in [3.8, 4) is 11.3 Å². The summed E-state index contributed by atoms with van der Waals surface area (Å²) in [5, 5.41) is 14.6. The molecule has 1 saturated heterocycles. The largest absolute Gasteiger partial charge is 0.355 e. The summed E-state index contributed by atoms with van der Waals surface area (Å²) >= 11 is 0. The van der Waals surface area contributed by atoms with Gasteiger partial charge < -0.3 is 15.5 Å². The van der Waals surface area contributed by atoms with E-state index in [-0.39, 0.29) is 6.03 Å². The smallest absolute Gasteiger partial charge is 0.323 e. The van der Waals surface area contributed by atoms with Gasteiger partial charge in [0.05, 0.1) is 5.69 Å². The molecule has 0 unspecified atom stereocenters. The van der Waals surface area contributed by atoms with E-state index in [4.69, 9.17) is 0 Å². The number of nitrogens with zero attached hydrogens (tertiary/aromatic N) is 3. The van der Waals surface area contributed by atoms with E-state index in [1.54, 1.807) is 0 Å². The highest BCUT2D eigenvalue weighted by molar-refractivity contribution is 6.00. The lowest BCUT2D eigenvalue weighted by Crippen LogP contribution is -2.20. The maximum atomic E-state index is 12.4. The van der Waals surface area contributed by atoms with Crippen LogP contribution in [-0.2, 0) is 0 Å². The summed E-state index contributed by atoms with van der Waals surface area (Å²) in [5.41, 5.74) is 5.41. The van der Waals surface area contributed by atoms with Gasteiger partial charge in [-0.25, -0.2) is 4.79 Å². The number of carbonyl (C=O) groups is 1. The molecule has 29 heavy (non-hydrogen) atoms. The van der Waals surface area contributed by atoms with Gasteiger partial charge in [-0.3, -0.25) is 0 Å². The average molecular weight is 387 g/mol. The number of hydrogen-bond acceptors (Lipinski definition) is 4. The zero-order valence-corrected chi connectivity index (χ0v) is 16.8. The molecule has 2 amide bonds. The molecule has 1 aromatic heterocycles. The summed E-state index contributed by atoms with van der Waals surface area (Å²) < 4.78 is 0. The molecule has 0 atom stereocenters. The van der Waals surface area contributed by atoms with Crippen molar-refractivity contribution >= 4 is 23.2 Å². The van der Waals surface area contributed by atoms with Crippen molar-refractivity contribution in [3.05, 3.63) is 65.7 Å². The number of aromatic nitrogens is 2. The molecule has 0 bridgehead atoms. The third-order valence-electron chi connectivity index (χ3n) is 5.35. The van der Waals surface area contributed by atoms with Gasteiger partial charge in [-0.2, -0.15) is 0 Å². The lowest BCUT2D eigenvalue weighted by molar-refractivity contribution is 0.262. The summed E-state index contributed by atoms with van der Waals surface area (Å²) in [6, 6.07) is 17.2. The van der Waals surface area contributed by atoms with Crippen LogP contribution in [0.1, 0.15) is 24.0 Å². The third-order valence-corrected chi connectivity index (χ3v) is 5.35. The second-order valence-corrected chi connectivity index (χ2v) is 7.38. The van der Waals surface area contributed by atoms with Crippen LogP contribution in [0, 0.1) is 13.8 Å². The van der Waals surface area contributed by atoms with Crippen LogP contribution >= 0.6 is 0 Å². The molecule has 1 fully saturated rings. The van der Waals surface area contributed by atoms with E-state index < -0.39 is 0 Å². The third kappa shape index (κ3) is 4.37. The maximum Gasteiger partial charge on any atom is 0.323 e. The molecule has 0 saturated carbocycles.